The molecule has 262 valence electrons. The van der Waals surface area contributed by atoms with E-state index in [4.69, 9.17) is 14.5 Å². The molecule has 1 aliphatic rings. The number of anilines is 2. The molecule has 0 saturated heterocycles. The van der Waals surface area contributed by atoms with Crippen LogP contribution in [0.2, 0.25) is 0 Å². The number of ether oxygens (including phenoxy) is 2. The molecule has 5 rings (SSSR count). The summed E-state index contributed by atoms with van der Waals surface area (Å²) in [5, 5.41) is 11.1. The van der Waals surface area contributed by atoms with E-state index in [-0.39, 0.29) is 16.7 Å². The van der Waals surface area contributed by atoms with E-state index in [1.807, 2.05) is 24.3 Å². The number of aromatic nitrogens is 1. The Labute approximate surface area is 303 Å². The lowest BCUT2D eigenvalue weighted by Crippen LogP contribution is -2.53. The summed E-state index contributed by atoms with van der Waals surface area (Å²) in [7, 11) is 3.15. The molecule has 1 aromatic heterocycles. The maximum absolute atomic E-state index is 14.8. The number of nitriles is 1. The summed E-state index contributed by atoms with van der Waals surface area (Å²) in [5.74, 6) is -0.780. The lowest BCUT2D eigenvalue weighted by Gasteiger charge is -2.33. The minimum atomic E-state index is -1.60. The van der Waals surface area contributed by atoms with Gasteiger partial charge in [-0.1, -0.05) is 80.5 Å². The van der Waals surface area contributed by atoms with Gasteiger partial charge in [0.1, 0.15) is 23.1 Å². The number of carbonyl (C=O) groups excluding carboxylic acids is 3. The summed E-state index contributed by atoms with van der Waals surface area (Å²) in [4.78, 5) is 52.3. The predicted molar refractivity (Wildman–Crippen MR) is 202 cm³/mol. The SMILES string of the molecule is CCCCN(CCCC)c1nc(-c2c(OC)cccc2OC)c(/C=C2\C(=O)C(N(C(=O)c3ccccc3)c3ccccc3)C(=O)C(C#N)=C2C)s1. The minimum Gasteiger partial charge on any atom is -0.496 e. The Balaban J connectivity index is 1.75. The van der Waals surface area contributed by atoms with Crippen LogP contribution in [-0.2, 0) is 9.59 Å². The molecule has 0 N–H and O–H groups in total. The third-order valence-electron chi connectivity index (χ3n) is 8.85. The second kappa shape index (κ2) is 16.9. The predicted octanol–water partition coefficient (Wildman–Crippen LogP) is 8.32. The number of thiazole rings is 1. The normalized spacial score (nSPS) is 15.1. The van der Waals surface area contributed by atoms with Crippen molar-refractivity contribution in [2.24, 2.45) is 0 Å². The summed E-state index contributed by atoms with van der Waals surface area (Å²) < 4.78 is 11.6. The van der Waals surface area contributed by atoms with E-state index in [1.54, 1.807) is 87.9 Å². The van der Waals surface area contributed by atoms with Crippen LogP contribution in [0.3, 0.4) is 0 Å². The van der Waals surface area contributed by atoms with Crippen LogP contribution in [0.15, 0.2) is 95.6 Å². The van der Waals surface area contributed by atoms with E-state index in [0.29, 0.717) is 38.9 Å². The van der Waals surface area contributed by atoms with Crippen molar-refractivity contribution < 1.29 is 23.9 Å². The third-order valence-corrected chi connectivity index (χ3v) is 9.91. The second-order valence-electron chi connectivity index (χ2n) is 12.1. The van der Waals surface area contributed by atoms with Gasteiger partial charge in [0.15, 0.2) is 17.0 Å². The fourth-order valence-corrected chi connectivity index (χ4v) is 7.17. The molecule has 0 fully saturated rings. The number of methoxy groups -OCH3 is 2. The van der Waals surface area contributed by atoms with Crippen LogP contribution in [0.25, 0.3) is 17.3 Å². The average Bonchev–Trinajstić information content (AvgIpc) is 3.58. The molecule has 10 heteroatoms. The number of hydrogen-bond acceptors (Lipinski definition) is 9. The van der Waals surface area contributed by atoms with Crippen molar-refractivity contribution in [3.63, 3.8) is 0 Å². The molecule has 51 heavy (non-hydrogen) atoms. The maximum atomic E-state index is 14.8. The van der Waals surface area contributed by atoms with Gasteiger partial charge in [0.05, 0.1) is 30.4 Å². The zero-order valence-corrected chi connectivity index (χ0v) is 30.5. The Morgan fingerprint density at radius 1 is 0.882 bits per heavy atom. The average molecular weight is 703 g/mol. The molecular weight excluding hydrogens is 661 g/mol. The first-order valence-corrected chi connectivity index (χ1v) is 17.9. The van der Waals surface area contributed by atoms with Gasteiger partial charge in [0, 0.05) is 29.9 Å². The smallest absolute Gasteiger partial charge is 0.259 e. The molecule has 1 aliphatic carbocycles. The van der Waals surface area contributed by atoms with Gasteiger partial charge < -0.3 is 14.4 Å². The molecule has 0 saturated carbocycles. The van der Waals surface area contributed by atoms with Gasteiger partial charge in [-0.25, -0.2) is 4.98 Å². The first-order valence-electron chi connectivity index (χ1n) is 17.1. The lowest BCUT2D eigenvalue weighted by atomic mass is 9.81. The topological polar surface area (TPSA) is 113 Å². The summed E-state index contributed by atoms with van der Waals surface area (Å²) in [6.45, 7) is 7.52. The van der Waals surface area contributed by atoms with Gasteiger partial charge in [-0.05, 0) is 67.8 Å². The lowest BCUT2D eigenvalue weighted by molar-refractivity contribution is -0.125. The van der Waals surface area contributed by atoms with E-state index in [1.165, 1.54) is 16.2 Å². The number of benzene rings is 3. The van der Waals surface area contributed by atoms with Gasteiger partial charge in [-0.2, -0.15) is 5.26 Å². The van der Waals surface area contributed by atoms with Gasteiger partial charge in [0.25, 0.3) is 5.91 Å². The summed E-state index contributed by atoms with van der Waals surface area (Å²) in [6, 6.07) is 23.0. The van der Waals surface area contributed by atoms with Crippen molar-refractivity contribution >= 4 is 45.7 Å². The summed E-state index contributed by atoms with van der Waals surface area (Å²) in [6.07, 6.45) is 5.69. The summed E-state index contributed by atoms with van der Waals surface area (Å²) >= 11 is 1.42. The highest BCUT2D eigenvalue weighted by atomic mass is 32.1. The molecule has 9 nitrogen and oxygen atoms in total. The van der Waals surface area contributed by atoms with Gasteiger partial charge in [0.2, 0.25) is 5.78 Å². The van der Waals surface area contributed by atoms with E-state index < -0.39 is 23.5 Å². The molecule has 0 spiro atoms. The Kier molecular flexibility index (Phi) is 12.2. The number of ketones is 2. The Morgan fingerprint density at radius 3 is 2.02 bits per heavy atom. The molecule has 1 amide bonds. The largest absolute Gasteiger partial charge is 0.496 e. The zero-order chi connectivity index (χ0) is 36.5. The third kappa shape index (κ3) is 7.64. The number of rotatable bonds is 14. The van der Waals surface area contributed by atoms with Crippen molar-refractivity contribution in [3.05, 3.63) is 106 Å². The number of allylic oxidation sites excluding steroid dienone is 1. The number of unbranched alkanes of at least 4 members (excludes halogenated alkanes) is 2. The Bertz CT molecular complexity index is 1960. The van der Waals surface area contributed by atoms with Crippen LogP contribution in [0.4, 0.5) is 10.8 Å². The van der Waals surface area contributed by atoms with Crippen LogP contribution < -0.4 is 19.3 Å². The first-order chi connectivity index (χ1) is 24.8. The highest BCUT2D eigenvalue weighted by Gasteiger charge is 2.45. The van der Waals surface area contributed by atoms with Crippen LogP contribution in [-0.4, -0.2) is 55.8 Å². The number of para-hydroxylation sites is 1. The van der Waals surface area contributed by atoms with Crippen LogP contribution in [0.1, 0.15) is 61.7 Å². The molecule has 1 atom stereocenters. The van der Waals surface area contributed by atoms with Crippen molar-refractivity contribution in [2.75, 3.05) is 37.1 Å². The highest BCUT2D eigenvalue weighted by Crippen LogP contribution is 2.45. The fraction of sp³-hybridized carbons (Fsp3) is 0.293. The minimum absolute atomic E-state index is 0.150. The number of nitrogens with zero attached hydrogens (tertiary/aromatic N) is 4. The Morgan fingerprint density at radius 2 is 1.47 bits per heavy atom. The van der Waals surface area contributed by atoms with Crippen LogP contribution in [0, 0.1) is 11.3 Å². The monoisotopic (exact) mass is 702 g/mol. The Hall–Kier alpha value is -5.53. The number of carbonyl (C=O) groups is 3. The molecule has 0 bridgehead atoms. The quantitative estimate of drug-likeness (QED) is 0.0953. The van der Waals surface area contributed by atoms with Crippen molar-refractivity contribution in [1.82, 2.24) is 4.98 Å². The maximum Gasteiger partial charge on any atom is 0.259 e. The van der Waals surface area contributed by atoms with Gasteiger partial charge in [-0.15, -0.1) is 0 Å². The summed E-state index contributed by atoms with van der Waals surface area (Å²) in [5.41, 5.74) is 2.03. The van der Waals surface area contributed by atoms with Gasteiger partial charge >= 0.3 is 0 Å². The molecule has 1 heterocycles. The highest BCUT2D eigenvalue weighted by molar-refractivity contribution is 7.17. The first kappa shape index (κ1) is 36.7. The molecule has 3 aromatic carbocycles. The van der Waals surface area contributed by atoms with E-state index in [9.17, 15) is 19.6 Å². The van der Waals surface area contributed by atoms with E-state index in [2.05, 4.69) is 18.7 Å². The van der Waals surface area contributed by atoms with Crippen LogP contribution in [0.5, 0.6) is 11.5 Å². The molecular formula is C41H42N4O5S. The second-order valence-corrected chi connectivity index (χ2v) is 13.1. The van der Waals surface area contributed by atoms with E-state index >= 15 is 0 Å². The van der Waals surface area contributed by atoms with Crippen molar-refractivity contribution in [1.29, 1.82) is 5.26 Å². The number of amides is 1. The van der Waals surface area contributed by atoms with Crippen molar-refractivity contribution in [2.45, 2.75) is 52.5 Å². The number of hydrogen-bond donors (Lipinski definition) is 0. The fourth-order valence-electron chi connectivity index (χ4n) is 6.10. The standard InChI is InChI=1S/C41H42N4O5S/c1-6-8-23-44(24-9-7-2)41-43-36(35-32(49-4)21-16-22-33(35)50-5)34(51-41)25-30-27(3)31(26-42)39(47)37(38(30)46)45(29-19-14-11-15-20-29)40(48)28-17-12-10-13-18-28/h10-22,25,37H,6-9,23-24H2,1-5H3/b30-25-. The zero-order valence-electron chi connectivity index (χ0n) is 29.6. The molecule has 1 unspecified atom stereocenters. The van der Waals surface area contributed by atoms with Gasteiger partial charge in [-0.3, -0.25) is 19.3 Å². The van der Waals surface area contributed by atoms with E-state index in [0.717, 1.165) is 43.9 Å². The van der Waals surface area contributed by atoms with Crippen LogP contribution >= 0.6 is 11.3 Å². The number of Topliss-reactive ketones (excluding diaryl/α,β-unsaturated/α-hetero) is 2. The van der Waals surface area contributed by atoms with Crippen molar-refractivity contribution in [3.8, 4) is 28.8 Å². The molecule has 0 aliphatic heterocycles. The molecule has 0 radical (unpaired) electrons. The molecule has 4 aromatic rings.